The van der Waals surface area contributed by atoms with E-state index < -0.39 is 0 Å². The van der Waals surface area contributed by atoms with Gasteiger partial charge in [-0.15, -0.1) is 5.10 Å². The summed E-state index contributed by atoms with van der Waals surface area (Å²) >= 11 is 6.02. The minimum atomic E-state index is -0.363. The van der Waals surface area contributed by atoms with Crippen LogP contribution in [0.1, 0.15) is 21.7 Å². The van der Waals surface area contributed by atoms with Crippen LogP contribution in [0.15, 0.2) is 72.8 Å². The molecule has 0 spiro atoms. The third kappa shape index (κ3) is 4.05. The normalized spacial score (nSPS) is 10.7. The number of benzene rings is 3. The molecule has 0 saturated carbocycles. The Balaban J connectivity index is 1.73. The first-order chi connectivity index (χ1) is 14.0. The Morgan fingerprint density at radius 1 is 0.931 bits per heavy atom. The van der Waals surface area contributed by atoms with Crippen LogP contribution in [0, 0.1) is 13.8 Å². The van der Waals surface area contributed by atoms with Crippen LogP contribution in [0.5, 0.6) is 0 Å². The largest absolute Gasteiger partial charge is 0.319 e. The standard InChI is InChI=1S/C23H19ClN4O/c1-15-8-11-19(14-16(15)2)25-23(29)21-26-22(17-6-4-3-5-7-17)28(27-21)20-12-9-18(24)10-13-20/h3-14H,1-2H3,(H,25,29). The molecule has 0 atom stereocenters. The van der Waals surface area contributed by atoms with Crippen molar-refractivity contribution in [2.45, 2.75) is 13.8 Å². The van der Waals surface area contributed by atoms with Crippen molar-refractivity contribution < 1.29 is 4.79 Å². The first-order valence-electron chi connectivity index (χ1n) is 9.18. The number of hydrogen-bond donors (Lipinski definition) is 1. The van der Waals surface area contributed by atoms with Gasteiger partial charge in [0.05, 0.1) is 5.69 Å². The fraction of sp³-hybridized carbons (Fsp3) is 0.0870. The maximum atomic E-state index is 12.8. The quantitative estimate of drug-likeness (QED) is 0.493. The average Bonchev–Trinajstić information content (AvgIpc) is 3.18. The highest BCUT2D eigenvalue weighted by Gasteiger charge is 2.19. The van der Waals surface area contributed by atoms with Crippen LogP contribution in [0.2, 0.25) is 5.02 Å². The Hall–Kier alpha value is -3.44. The molecule has 0 aliphatic carbocycles. The van der Waals surface area contributed by atoms with E-state index in [0.29, 0.717) is 16.5 Å². The van der Waals surface area contributed by atoms with Crippen LogP contribution >= 0.6 is 11.6 Å². The van der Waals surface area contributed by atoms with Crippen LogP contribution in [-0.2, 0) is 0 Å². The Morgan fingerprint density at radius 2 is 1.66 bits per heavy atom. The van der Waals surface area contributed by atoms with E-state index in [1.54, 1.807) is 16.8 Å². The summed E-state index contributed by atoms with van der Waals surface area (Å²) in [7, 11) is 0. The minimum Gasteiger partial charge on any atom is -0.319 e. The molecule has 4 rings (SSSR count). The highest BCUT2D eigenvalue weighted by atomic mass is 35.5. The van der Waals surface area contributed by atoms with Gasteiger partial charge >= 0.3 is 0 Å². The van der Waals surface area contributed by atoms with Gasteiger partial charge in [-0.25, -0.2) is 9.67 Å². The van der Waals surface area contributed by atoms with E-state index in [4.69, 9.17) is 11.6 Å². The summed E-state index contributed by atoms with van der Waals surface area (Å²) in [5.41, 5.74) is 4.61. The van der Waals surface area contributed by atoms with Gasteiger partial charge in [0, 0.05) is 16.3 Å². The molecule has 5 nitrogen and oxygen atoms in total. The summed E-state index contributed by atoms with van der Waals surface area (Å²) in [6.07, 6.45) is 0. The molecular formula is C23H19ClN4O. The molecule has 4 aromatic rings. The molecule has 0 radical (unpaired) electrons. The Bertz CT molecular complexity index is 1170. The Kier molecular flexibility index (Phi) is 5.14. The number of nitrogens with zero attached hydrogens (tertiary/aromatic N) is 3. The van der Waals surface area contributed by atoms with Crippen LogP contribution < -0.4 is 5.32 Å². The van der Waals surface area contributed by atoms with Crippen molar-refractivity contribution in [3.8, 4) is 17.1 Å². The van der Waals surface area contributed by atoms with Crippen molar-refractivity contribution in [3.63, 3.8) is 0 Å². The third-order valence-electron chi connectivity index (χ3n) is 4.68. The van der Waals surface area contributed by atoms with Crippen molar-refractivity contribution in [1.82, 2.24) is 14.8 Å². The second-order valence-electron chi connectivity index (χ2n) is 6.77. The number of anilines is 1. The van der Waals surface area contributed by atoms with Crippen molar-refractivity contribution in [1.29, 1.82) is 0 Å². The molecule has 0 unspecified atom stereocenters. The number of rotatable bonds is 4. The lowest BCUT2D eigenvalue weighted by Gasteiger charge is -2.06. The summed E-state index contributed by atoms with van der Waals surface area (Å²) < 4.78 is 1.65. The van der Waals surface area contributed by atoms with Gasteiger partial charge in [-0.05, 0) is 61.4 Å². The van der Waals surface area contributed by atoms with E-state index in [1.807, 2.05) is 74.5 Å². The highest BCUT2D eigenvalue weighted by molar-refractivity contribution is 6.30. The fourth-order valence-electron chi connectivity index (χ4n) is 2.95. The molecular weight excluding hydrogens is 384 g/mol. The Labute approximate surface area is 174 Å². The number of carbonyl (C=O) groups is 1. The molecule has 6 heteroatoms. The number of aryl methyl sites for hydroxylation is 2. The van der Waals surface area contributed by atoms with Crippen molar-refractivity contribution in [3.05, 3.63) is 94.8 Å². The first kappa shape index (κ1) is 18.9. The van der Waals surface area contributed by atoms with Crippen LogP contribution in [-0.4, -0.2) is 20.7 Å². The molecule has 3 aromatic carbocycles. The topological polar surface area (TPSA) is 59.8 Å². The highest BCUT2D eigenvalue weighted by Crippen LogP contribution is 2.23. The maximum absolute atomic E-state index is 12.8. The molecule has 0 bridgehead atoms. The first-order valence-corrected chi connectivity index (χ1v) is 9.56. The van der Waals surface area contributed by atoms with E-state index in [9.17, 15) is 4.79 Å². The van der Waals surface area contributed by atoms with Crippen molar-refractivity contribution in [2.75, 3.05) is 5.32 Å². The summed E-state index contributed by atoms with van der Waals surface area (Å²) in [4.78, 5) is 17.3. The fourth-order valence-corrected chi connectivity index (χ4v) is 3.08. The summed E-state index contributed by atoms with van der Waals surface area (Å²) in [6, 6.07) is 22.7. The molecule has 0 fully saturated rings. The van der Waals surface area contributed by atoms with Gasteiger partial charge in [0.1, 0.15) is 0 Å². The lowest BCUT2D eigenvalue weighted by molar-refractivity contribution is 0.101. The molecule has 0 saturated heterocycles. The van der Waals surface area contributed by atoms with Gasteiger partial charge in [-0.3, -0.25) is 4.79 Å². The number of carbonyl (C=O) groups excluding carboxylic acids is 1. The zero-order chi connectivity index (χ0) is 20.4. The van der Waals surface area contributed by atoms with Crippen LogP contribution in [0.25, 0.3) is 17.1 Å². The van der Waals surface area contributed by atoms with E-state index >= 15 is 0 Å². The summed E-state index contributed by atoms with van der Waals surface area (Å²) in [5, 5.41) is 7.98. The number of nitrogens with one attached hydrogen (secondary N) is 1. The molecule has 1 amide bonds. The molecule has 0 aliphatic rings. The molecule has 1 aromatic heterocycles. The molecule has 0 aliphatic heterocycles. The summed E-state index contributed by atoms with van der Waals surface area (Å²) in [5.74, 6) is 0.313. The summed E-state index contributed by atoms with van der Waals surface area (Å²) in [6.45, 7) is 4.04. The molecule has 29 heavy (non-hydrogen) atoms. The van der Waals surface area contributed by atoms with Crippen LogP contribution in [0.3, 0.4) is 0 Å². The maximum Gasteiger partial charge on any atom is 0.295 e. The lowest BCUT2D eigenvalue weighted by atomic mass is 10.1. The monoisotopic (exact) mass is 402 g/mol. The number of amides is 1. The van der Waals surface area contributed by atoms with Gasteiger partial charge in [-0.2, -0.15) is 0 Å². The van der Waals surface area contributed by atoms with Gasteiger partial charge in [0.15, 0.2) is 5.82 Å². The Morgan fingerprint density at radius 3 is 2.34 bits per heavy atom. The predicted octanol–water partition coefficient (Wildman–Crippen LogP) is 5.46. The molecule has 1 N–H and O–H groups in total. The second-order valence-corrected chi connectivity index (χ2v) is 7.20. The second kappa shape index (κ2) is 7.89. The van der Waals surface area contributed by atoms with Crippen LogP contribution in [0.4, 0.5) is 5.69 Å². The van der Waals surface area contributed by atoms with E-state index in [1.165, 1.54) is 5.56 Å². The number of hydrogen-bond acceptors (Lipinski definition) is 3. The minimum absolute atomic E-state index is 0.0945. The van der Waals surface area contributed by atoms with Gasteiger partial charge in [0.25, 0.3) is 5.91 Å². The van der Waals surface area contributed by atoms with Gasteiger partial charge < -0.3 is 5.32 Å². The van der Waals surface area contributed by atoms with Crippen molar-refractivity contribution in [2.24, 2.45) is 0 Å². The average molecular weight is 403 g/mol. The van der Waals surface area contributed by atoms with E-state index in [0.717, 1.165) is 16.8 Å². The van der Waals surface area contributed by atoms with Gasteiger partial charge in [0.2, 0.25) is 5.82 Å². The predicted molar refractivity (Wildman–Crippen MR) is 116 cm³/mol. The van der Waals surface area contributed by atoms with Crippen molar-refractivity contribution >= 4 is 23.2 Å². The lowest BCUT2D eigenvalue weighted by Crippen LogP contribution is -2.14. The smallest absolute Gasteiger partial charge is 0.295 e. The van der Waals surface area contributed by atoms with E-state index in [2.05, 4.69) is 15.4 Å². The zero-order valence-electron chi connectivity index (χ0n) is 16.1. The molecule has 1 heterocycles. The number of aromatic nitrogens is 3. The SMILES string of the molecule is Cc1ccc(NC(=O)c2nc(-c3ccccc3)n(-c3ccc(Cl)cc3)n2)cc1C. The zero-order valence-corrected chi connectivity index (χ0v) is 16.8. The van der Waals surface area contributed by atoms with Gasteiger partial charge in [-0.1, -0.05) is 48.0 Å². The molecule has 144 valence electrons. The number of halogens is 1. The van der Waals surface area contributed by atoms with E-state index in [-0.39, 0.29) is 11.7 Å². The third-order valence-corrected chi connectivity index (χ3v) is 4.93.